The van der Waals surface area contributed by atoms with Gasteiger partial charge in [-0.3, -0.25) is 0 Å². The molecule has 2 heterocycles. The molecule has 3 aromatic rings. The van der Waals surface area contributed by atoms with Gasteiger partial charge in [0.1, 0.15) is 17.0 Å². The van der Waals surface area contributed by atoms with Crippen LogP contribution in [-0.2, 0) is 0 Å². The quantitative estimate of drug-likeness (QED) is 0.743. The smallest absolute Gasteiger partial charge is 0.138 e. The van der Waals surface area contributed by atoms with Crippen molar-refractivity contribution in [2.45, 2.75) is 31.7 Å². The number of hydrogen-bond acceptors (Lipinski definition) is 5. The molecule has 2 atom stereocenters. The van der Waals surface area contributed by atoms with Crippen molar-refractivity contribution in [2.24, 2.45) is 5.92 Å². The molecule has 124 valence electrons. The van der Waals surface area contributed by atoms with E-state index in [9.17, 15) is 5.11 Å². The maximum atomic E-state index is 9.63. The molecule has 0 bridgehead atoms. The number of anilines is 1. The summed E-state index contributed by atoms with van der Waals surface area (Å²) in [6, 6.07) is 12.8. The summed E-state index contributed by atoms with van der Waals surface area (Å²) in [5, 5.41) is 14.3. The highest BCUT2D eigenvalue weighted by Gasteiger charge is 2.25. The second kappa shape index (κ2) is 6.87. The van der Waals surface area contributed by atoms with E-state index in [1.165, 1.54) is 23.3 Å². The van der Waals surface area contributed by atoms with Crippen LogP contribution >= 0.6 is 11.3 Å². The molecule has 24 heavy (non-hydrogen) atoms. The fraction of sp³-hybridized carbons (Fsp3) is 0.368. The molecule has 0 radical (unpaired) electrons. The minimum atomic E-state index is 0.241. The molecule has 1 aromatic carbocycles. The zero-order chi connectivity index (χ0) is 16.4. The Labute approximate surface area is 145 Å². The van der Waals surface area contributed by atoms with Crippen LogP contribution in [0, 0.1) is 5.92 Å². The van der Waals surface area contributed by atoms with Crippen molar-refractivity contribution in [1.29, 1.82) is 0 Å². The normalized spacial score (nSPS) is 21.0. The third-order valence-corrected chi connectivity index (χ3v) is 5.95. The molecule has 5 heteroatoms. The Morgan fingerprint density at radius 1 is 1.12 bits per heavy atom. The summed E-state index contributed by atoms with van der Waals surface area (Å²) in [6.07, 6.45) is 6.22. The van der Waals surface area contributed by atoms with Crippen molar-refractivity contribution in [1.82, 2.24) is 9.97 Å². The Bertz CT molecular complexity index is 818. The third kappa shape index (κ3) is 3.01. The third-order valence-electron chi connectivity index (χ3n) is 4.85. The number of fused-ring (bicyclic) bond motifs is 1. The van der Waals surface area contributed by atoms with E-state index in [0.717, 1.165) is 28.9 Å². The number of aromatic nitrogens is 2. The molecule has 0 aliphatic heterocycles. The van der Waals surface area contributed by atoms with Gasteiger partial charge in [0.15, 0.2) is 0 Å². The number of hydrogen-bond donors (Lipinski definition) is 2. The summed E-state index contributed by atoms with van der Waals surface area (Å²) in [6.45, 7) is 0.241. The first-order valence-corrected chi connectivity index (χ1v) is 9.34. The van der Waals surface area contributed by atoms with Gasteiger partial charge in [-0.2, -0.15) is 0 Å². The van der Waals surface area contributed by atoms with Gasteiger partial charge in [-0.15, -0.1) is 11.3 Å². The highest BCUT2D eigenvalue weighted by molar-refractivity contribution is 7.21. The SMILES string of the molecule is OC[C@@H]1CCCC[C@H]1Nc1ncnc2sc(-c3ccccc3)cc12. The van der Waals surface area contributed by atoms with E-state index in [0.29, 0.717) is 12.0 Å². The van der Waals surface area contributed by atoms with Crippen LogP contribution in [0.3, 0.4) is 0 Å². The lowest BCUT2D eigenvalue weighted by molar-refractivity contribution is 0.178. The first-order chi connectivity index (χ1) is 11.8. The Hall–Kier alpha value is -1.98. The van der Waals surface area contributed by atoms with Crippen molar-refractivity contribution < 1.29 is 5.11 Å². The number of benzene rings is 1. The van der Waals surface area contributed by atoms with Gasteiger partial charge in [-0.25, -0.2) is 9.97 Å². The van der Waals surface area contributed by atoms with E-state index >= 15 is 0 Å². The summed E-state index contributed by atoms with van der Waals surface area (Å²) in [7, 11) is 0. The van der Waals surface area contributed by atoms with Crippen molar-refractivity contribution in [3.8, 4) is 10.4 Å². The van der Waals surface area contributed by atoms with Crippen LogP contribution in [0.4, 0.5) is 5.82 Å². The van der Waals surface area contributed by atoms with E-state index < -0.39 is 0 Å². The molecule has 4 nitrogen and oxygen atoms in total. The zero-order valence-corrected chi connectivity index (χ0v) is 14.3. The van der Waals surface area contributed by atoms with E-state index in [1.807, 2.05) is 6.07 Å². The Morgan fingerprint density at radius 2 is 1.96 bits per heavy atom. The van der Waals surface area contributed by atoms with Crippen LogP contribution in [0.15, 0.2) is 42.7 Å². The van der Waals surface area contributed by atoms with Gasteiger partial charge in [0.2, 0.25) is 0 Å². The lowest BCUT2D eigenvalue weighted by Crippen LogP contribution is -2.34. The highest BCUT2D eigenvalue weighted by Crippen LogP contribution is 2.36. The lowest BCUT2D eigenvalue weighted by atomic mass is 9.85. The predicted octanol–water partition coefficient (Wildman–Crippen LogP) is 4.32. The van der Waals surface area contributed by atoms with Crippen LogP contribution in [-0.4, -0.2) is 27.7 Å². The second-order valence-corrected chi connectivity index (χ2v) is 7.43. The average Bonchev–Trinajstić information content (AvgIpc) is 3.08. The largest absolute Gasteiger partial charge is 0.396 e. The summed E-state index contributed by atoms with van der Waals surface area (Å²) in [5.41, 5.74) is 1.21. The predicted molar refractivity (Wildman–Crippen MR) is 99.3 cm³/mol. The number of thiophene rings is 1. The summed E-state index contributed by atoms with van der Waals surface area (Å²) in [4.78, 5) is 11.1. The van der Waals surface area contributed by atoms with Gasteiger partial charge in [-0.05, 0) is 24.5 Å². The molecule has 4 rings (SSSR count). The van der Waals surface area contributed by atoms with Gasteiger partial charge in [0.25, 0.3) is 0 Å². The molecule has 0 unspecified atom stereocenters. The number of aliphatic hydroxyl groups is 1. The maximum absolute atomic E-state index is 9.63. The van der Waals surface area contributed by atoms with Crippen molar-refractivity contribution in [2.75, 3.05) is 11.9 Å². The molecule has 0 amide bonds. The highest BCUT2D eigenvalue weighted by atomic mass is 32.1. The fourth-order valence-corrected chi connectivity index (χ4v) is 4.51. The van der Waals surface area contributed by atoms with E-state index in [4.69, 9.17) is 0 Å². The molecule has 0 saturated heterocycles. The zero-order valence-electron chi connectivity index (χ0n) is 13.5. The molecule has 1 fully saturated rings. The molecule has 1 aliphatic rings. The van der Waals surface area contributed by atoms with Gasteiger partial charge in [0, 0.05) is 23.4 Å². The Morgan fingerprint density at radius 3 is 2.79 bits per heavy atom. The van der Waals surface area contributed by atoms with E-state index in [-0.39, 0.29) is 6.61 Å². The molecule has 0 spiro atoms. The Kier molecular flexibility index (Phi) is 4.45. The molecule has 2 aromatic heterocycles. The van der Waals surface area contributed by atoms with Crippen LogP contribution < -0.4 is 5.32 Å². The first-order valence-electron chi connectivity index (χ1n) is 8.52. The van der Waals surface area contributed by atoms with Crippen LogP contribution in [0.5, 0.6) is 0 Å². The van der Waals surface area contributed by atoms with E-state index in [2.05, 4.69) is 45.6 Å². The van der Waals surface area contributed by atoms with Gasteiger partial charge in [0.05, 0.1) is 5.39 Å². The minimum Gasteiger partial charge on any atom is -0.396 e. The van der Waals surface area contributed by atoms with Gasteiger partial charge < -0.3 is 10.4 Å². The maximum Gasteiger partial charge on any atom is 0.138 e. The molecule has 1 saturated carbocycles. The number of nitrogens with zero attached hydrogens (tertiary/aromatic N) is 2. The average molecular weight is 339 g/mol. The van der Waals surface area contributed by atoms with Crippen molar-refractivity contribution in [3.63, 3.8) is 0 Å². The first kappa shape index (κ1) is 15.5. The molecule has 2 N–H and O–H groups in total. The fourth-order valence-electron chi connectivity index (χ4n) is 3.51. The minimum absolute atomic E-state index is 0.241. The molecular weight excluding hydrogens is 318 g/mol. The van der Waals surface area contributed by atoms with Gasteiger partial charge >= 0.3 is 0 Å². The summed E-state index contributed by atoms with van der Waals surface area (Å²) in [5.74, 6) is 1.21. The van der Waals surface area contributed by atoms with Crippen molar-refractivity contribution in [3.05, 3.63) is 42.7 Å². The van der Waals surface area contributed by atoms with Crippen molar-refractivity contribution >= 4 is 27.4 Å². The van der Waals surface area contributed by atoms with Crippen LogP contribution in [0.2, 0.25) is 0 Å². The monoisotopic (exact) mass is 339 g/mol. The Balaban J connectivity index is 1.67. The molecular formula is C19H21N3OS. The van der Waals surface area contributed by atoms with E-state index in [1.54, 1.807) is 17.7 Å². The second-order valence-electron chi connectivity index (χ2n) is 6.40. The van der Waals surface area contributed by atoms with Crippen LogP contribution in [0.1, 0.15) is 25.7 Å². The summed E-state index contributed by atoms with van der Waals surface area (Å²) < 4.78 is 0. The van der Waals surface area contributed by atoms with Gasteiger partial charge in [-0.1, -0.05) is 43.2 Å². The van der Waals surface area contributed by atoms with Crippen LogP contribution in [0.25, 0.3) is 20.7 Å². The lowest BCUT2D eigenvalue weighted by Gasteiger charge is -2.31. The summed E-state index contributed by atoms with van der Waals surface area (Å²) >= 11 is 1.69. The number of rotatable bonds is 4. The number of nitrogens with one attached hydrogen (secondary N) is 1. The standard InChI is InChI=1S/C19H21N3OS/c23-11-14-8-4-5-9-16(14)22-18-15-10-17(13-6-2-1-3-7-13)24-19(15)21-12-20-18/h1-3,6-7,10,12,14,16,23H,4-5,8-9,11H2,(H,20,21,22)/t14-,16+/m0/s1. The molecule has 1 aliphatic carbocycles. The topological polar surface area (TPSA) is 58.0 Å². The number of aliphatic hydroxyl groups excluding tert-OH is 1.